The Morgan fingerprint density at radius 3 is 2.65 bits per heavy atom. The molecule has 1 aromatic heterocycles. The third-order valence-corrected chi connectivity index (χ3v) is 3.27. The first-order valence-electron chi connectivity index (χ1n) is 4.72. The third-order valence-electron chi connectivity index (χ3n) is 1.94. The van der Waals surface area contributed by atoms with E-state index in [1.54, 1.807) is 18.2 Å². The molecule has 6 heteroatoms. The zero-order chi connectivity index (χ0) is 12.3. The van der Waals surface area contributed by atoms with Crippen LogP contribution in [0, 0.1) is 0 Å². The lowest BCUT2D eigenvalue weighted by Gasteiger charge is -2.07. The molecule has 0 saturated heterocycles. The second kappa shape index (κ2) is 5.40. The minimum atomic E-state index is -0.336. The van der Waals surface area contributed by atoms with Crippen LogP contribution in [0.2, 0.25) is 10.0 Å². The highest BCUT2D eigenvalue weighted by Crippen LogP contribution is 2.25. The average Bonchev–Trinajstić information content (AvgIpc) is 2.75. The molecule has 0 spiro atoms. The van der Waals surface area contributed by atoms with E-state index >= 15 is 0 Å². The highest BCUT2D eigenvalue weighted by atomic mass is 35.5. The number of thiophene rings is 1. The standard InChI is InChI=1S/C11H8Cl2N2OS/c12-7-3-4-9(8(13)6-7)14-11(16)15-10-2-1-5-17-10/h1-6H,(H2,14,15,16). The monoisotopic (exact) mass is 286 g/mol. The highest BCUT2D eigenvalue weighted by Gasteiger charge is 2.06. The summed E-state index contributed by atoms with van der Waals surface area (Å²) >= 11 is 13.1. The van der Waals surface area contributed by atoms with E-state index in [4.69, 9.17) is 23.2 Å². The second-order valence-corrected chi connectivity index (χ2v) is 4.97. The normalized spacial score (nSPS) is 10.0. The minimum absolute atomic E-state index is 0.336. The van der Waals surface area contributed by atoms with Crippen molar-refractivity contribution in [2.75, 3.05) is 10.6 Å². The van der Waals surface area contributed by atoms with Gasteiger partial charge in [0.2, 0.25) is 0 Å². The van der Waals surface area contributed by atoms with Gasteiger partial charge in [-0.15, -0.1) is 11.3 Å². The van der Waals surface area contributed by atoms with Crippen molar-refractivity contribution in [3.05, 3.63) is 45.8 Å². The SMILES string of the molecule is O=C(Nc1cccs1)Nc1ccc(Cl)cc1Cl. The Morgan fingerprint density at radius 2 is 2.00 bits per heavy atom. The Morgan fingerprint density at radius 1 is 1.18 bits per heavy atom. The summed E-state index contributed by atoms with van der Waals surface area (Å²) < 4.78 is 0. The molecule has 2 rings (SSSR count). The molecular weight excluding hydrogens is 279 g/mol. The van der Waals surface area contributed by atoms with E-state index in [-0.39, 0.29) is 6.03 Å². The quantitative estimate of drug-likeness (QED) is 0.826. The van der Waals surface area contributed by atoms with Crippen LogP contribution in [0.5, 0.6) is 0 Å². The number of hydrogen-bond donors (Lipinski definition) is 2. The topological polar surface area (TPSA) is 41.1 Å². The van der Waals surface area contributed by atoms with Gasteiger partial charge in [-0.25, -0.2) is 4.79 Å². The van der Waals surface area contributed by atoms with Crippen molar-refractivity contribution < 1.29 is 4.79 Å². The Kier molecular flexibility index (Phi) is 3.89. The number of amides is 2. The largest absolute Gasteiger partial charge is 0.324 e. The van der Waals surface area contributed by atoms with Gasteiger partial charge in [0.05, 0.1) is 15.7 Å². The van der Waals surface area contributed by atoms with Gasteiger partial charge in [0.15, 0.2) is 0 Å². The van der Waals surface area contributed by atoms with Crippen LogP contribution in [0.4, 0.5) is 15.5 Å². The number of halogens is 2. The predicted octanol–water partition coefficient (Wildman–Crippen LogP) is 4.70. The van der Waals surface area contributed by atoms with Crippen molar-refractivity contribution in [3.63, 3.8) is 0 Å². The number of hydrogen-bond acceptors (Lipinski definition) is 2. The van der Waals surface area contributed by atoms with Crippen molar-refractivity contribution in [2.24, 2.45) is 0 Å². The lowest BCUT2D eigenvalue weighted by Crippen LogP contribution is -2.18. The van der Waals surface area contributed by atoms with Gasteiger partial charge in [-0.05, 0) is 35.7 Å². The van der Waals surface area contributed by atoms with Crippen molar-refractivity contribution in [1.82, 2.24) is 0 Å². The molecule has 0 aliphatic heterocycles. The number of urea groups is 1. The van der Waals surface area contributed by atoms with E-state index in [0.29, 0.717) is 15.7 Å². The van der Waals surface area contributed by atoms with E-state index < -0.39 is 0 Å². The molecular formula is C11H8Cl2N2OS. The molecule has 0 saturated carbocycles. The van der Waals surface area contributed by atoms with E-state index in [1.807, 2.05) is 17.5 Å². The Bertz CT molecular complexity index is 528. The molecule has 2 N–H and O–H groups in total. The molecule has 88 valence electrons. The van der Waals surface area contributed by atoms with E-state index in [0.717, 1.165) is 5.00 Å². The van der Waals surface area contributed by atoms with Gasteiger partial charge in [0.1, 0.15) is 0 Å². The van der Waals surface area contributed by atoms with Crippen molar-refractivity contribution in [3.8, 4) is 0 Å². The summed E-state index contributed by atoms with van der Waals surface area (Å²) in [6.07, 6.45) is 0. The van der Waals surface area contributed by atoms with Crippen LogP contribution in [0.15, 0.2) is 35.7 Å². The predicted molar refractivity (Wildman–Crippen MR) is 73.4 cm³/mol. The van der Waals surface area contributed by atoms with E-state index in [2.05, 4.69) is 10.6 Å². The Labute approximate surface area is 112 Å². The summed E-state index contributed by atoms with van der Waals surface area (Å²) in [5.74, 6) is 0. The molecule has 0 bridgehead atoms. The fraction of sp³-hybridized carbons (Fsp3) is 0. The van der Waals surface area contributed by atoms with Gasteiger partial charge in [0, 0.05) is 5.02 Å². The Balaban J connectivity index is 2.03. The molecule has 1 heterocycles. The molecule has 0 radical (unpaired) electrons. The van der Waals surface area contributed by atoms with Gasteiger partial charge in [-0.1, -0.05) is 23.2 Å². The fourth-order valence-corrected chi connectivity index (χ4v) is 2.27. The van der Waals surface area contributed by atoms with Gasteiger partial charge < -0.3 is 5.32 Å². The van der Waals surface area contributed by atoms with Gasteiger partial charge in [0.25, 0.3) is 0 Å². The molecule has 1 aromatic carbocycles. The van der Waals surface area contributed by atoms with Gasteiger partial charge >= 0.3 is 6.03 Å². The maximum atomic E-state index is 11.6. The van der Waals surface area contributed by atoms with Crippen LogP contribution in [0.1, 0.15) is 0 Å². The molecule has 0 aliphatic carbocycles. The fourth-order valence-electron chi connectivity index (χ4n) is 1.21. The summed E-state index contributed by atoms with van der Waals surface area (Å²) in [5.41, 5.74) is 0.519. The molecule has 17 heavy (non-hydrogen) atoms. The van der Waals surface area contributed by atoms with E-state index in [9.17, 15) is 4.79 Å². The first-order valence-corrected chi connectivity index (χ1v) is 6.35. The lowest BCUT2D eigenvalue weighted by atomic mass is 10.3. The maximum absolute atomic E-state index is 11.6. The van der Waals surface area contributed by atoms with Crippen LogP contribution in [-0.4, -0.2) is 6.03 Å². The summed E-state index contributed by atoms with van der Waals surface area (Å²) in [6, 6.07) is 8.22. The van der Waals surface area contributed by atoms with Crippen LogP contribution in [-0.2, 0) is 0 Å². The van der Waals surface area contributed by atoms with Gasteiger partial charge in [-0.2, -0.15) is 0 Å². The molecule has 2 amide bonds. The van der Waals surface area contributed by atoms with Crippen LogP contribution in [0.3, 0.4) is 0 Å². The number of benzene rings is 1. The van der Waals surface area contributed by atoms with Crippen LogP contribution >= 0.6 is 34.5 Å². The first-order chi connectivity index (χ1) is 8.15. The Hall–Kier alpha value is -1.23. The van der Waals surface area contributed by atoms with E-state index in [1.165, 1.54) is 11.3 Å². The summed E-state index contributed by atoms with van der Waals surface area (Å²) in [4.78, 5) is 11.6. The number of anilines is 2. The van der Waals surface area contributed by atoms with Crippen LogP contribution < -0.4 is 10.6 Å². The molecule has 0 unspecified atom stereocenters. The molecule has 0 atom stereocenters. The molecule has 0 fully saturated rings. The number of rotatable bonds is 2. The average molecular weight is 287 g/mol. The zero-order valence-electron chi connectivity index (χ0n) is 8.54. The minimum Gasteiger partial charge on any atom is -0.306 e. The molecule has 3 nitrogen and oxygen atoms in total. The number of nitrogens with one attached hydrogen (secondary N) is 2. The lowest BCUT2D eigenvalue weighted by molar-refractivity contribution is 0.262. The summed E-state index contributed by atoms with van der Waals surface area (Å²) in [6.45, 7) is 0. The van der Waals surface area contributed by atoms with Crippen molar-refractivity contribution >= 4 is 51.3 Å². The summed E-state index contributed by atoms with van der Waals surface area (Å²) in [5, 5.41) is 8.91. The van der Waals surface area contributed by atoms with Crippen LogP contribution in [0.25, 0.3) is 0 Å². The van der Waals surface area contributed by atoms with Crippen molar-refractivity contribution in [2.45, 2.75) is 0 Å². The first kappa shape index (κ1) is 12.2. The second-order valence-electron chi connectivity index (χ2n) is 3.18. The zero-order valence-corrected chi connectivity index (χ0v) is 10.9. The number of carbonyl (C=O) groups excluding carboxylic acids is 1. The van der Waals surface area contributed by atoms with Gasteiger partial charge in [-0.3, -0.25) is 5.32 Å². The smallest absolute Gasteiger partial charge is 0.306 e. The number of carbonyl (C=O) groups is 1. The molecule has 2 aromatic rings. The molecule has 0 aliphatic rings. The third kappa shape index (κ3) is 3.36. The van der Waals surface area contributed by atoms with Crippen molar-refractivity contribution in [1.29, 1.82) is 0 Å². The maximum Gasteiger partial charge on any atom is 0.324 e. The highest BCUT2D eigenvalue weighted by molar-refractivity contribution is 7.14. The summed E-state index contributed by atoms with van der Waals surface area (Å²) in [7, 11) is 0.